The van der Waals surface area contributed by atoms with E-state index in [1.54, 1.807) is 13.0 Å². The van der Waals surface area contributed by atoms with Gasteiger partial charge in [-0.15, -0.1) is 0 Å². The second-order valence-electron chi connectivity index (χ2n) is 7.44. The van der Waals surface area contributed by atoms with Crippen molar-refractivity contribution in [1.29, 1.82) is 0 Å². The van der Waals surface area contributed by atoms with Crippen LogP contribution in [0.15, 0.2) is 17.0 Å². The van der Waals surface area contributed by atoms with Gasteiger partial charge in [-0.05, 0) is 44.2 Å². The largest absolute Gasteiger partial charge is 0.482 e. The molecule has 1 aliphatic carbocycles. The number of nitrogens with one attached hydrogen (secondary N) is 2. The summed E-state index contributed by atoms with van der Waals surface area (Å²) in [5.41, 5.74) is 1.01. The highest BCUT2D eigenvalue weighted by Crippen LogP contribution is 2.35. The molecule has 0 aromatic heterocycles. The van der Waals surface area contributed by atoms with Gasteiger partial charge < -0.3 is 15.4 Å². The molecule has 0 radical (unpaired) electrons. The molecule has 0 bridgehead atoms. The molecule has 8 nitrogen and oxygen atoms in total. The standard InChI is InChI=1S/C18H23N3O5S/c1-11-7-14-15(26-10-17(22)20-14)8-16(11)27(24,25)21-6-2-3-12(9-21)18(23)19-13-4-5-13/h7-8,12-13H,2-6,9-10H2,1H3,(H,19,23)(H,20,22)/t12-/m0/s1. The maximum atomic E-state index is 13.2. The summed E-state index contributed by atoms with van der Waals surface area (Å²) in [6.45, 7) is 2.14. The van der Waals surface area contributed by atoms with E-state index < -0.39 is 10.0 Å². The Morgan fingerprint density at radius 1 is 1.30 bits per heavy atom. The zero-order valence-corrected chi connectivity index (χ0v) is 16.0. The van der Waals surface area contributed by atoms with Crippen molar-refractivity contribution >= 4 is 27.5 Å². The van der Waals surface area contributed by atoms with Crippen LogP contribution in [-0.2, 0) is 19.6 Å². The van der Waals surface area contributed by atoms with Gasteiger partial charge >= 0.3 is 0 Å². The van der Waals surface area contributed by atoms with Gasteiger partial charge in [-0.1, -0.05) is 0 Å². The van der Waals surface area contributed by atoms with Gasteiger partial charge in [0.1, 0.15) is 5.75 Å². The third-order valence-corrected chi connectivity index (χ3v) is 7.21. The predicted molar refractivity (Wildman–Crippen MR) is 98.0 cm³/mol. The number of nitrogens with zero attached hydrogens (tertiary/aromatic N) is 1. The van der Waals surface area contributed by atoms with Crippen LogP contribution in [0.1, 0.15) is 31.2 Å². The van der Waals surface area contributed by atoms with Crippen LogP contribution in [-0.4, -0.2) is 50.3 Å². The van der Waals surface area contributed by atoms with Gasteiger partial charge in [0.05, 0.1) is 16.5 Å². The Morgan fingerprint density at radius 2 is 2.07 bits per heavy atom. The van der Waals surface area contributed by atoms with E-state index in [9.17, 15) is 18.0 Å². The maximum absolute atomic E-state index is 13.2. The first-order valence-electron chi connectivity index (χ1n) is 9.22. The fourth-order valence-electron chi connectivity index (χ4n) is 3.55. The van der Waals surface area contributed by atoms with Crippen molar-refractivity contribution in [3.05, 3.63) is 17.7 Å². The van der Waals surface area contributed by atoms with Gasteiger partial charge in [-0.25, -0.2) is 8.42 Å². The molecule has 2 aliphatic heterocycles. The van der Waals surface area contributed by atoms with Crippen molar-refractivity contribution in [3.63, 3.8) is 0 Å². The number of hydrogen-bond donors (Lipinski definition) is 2. The zero-order chi connectivity index (χ0) is 19.2. The second-order valence-corrected chi connectivity index (χ2v) is 9.34. The highest BCUT2D eigenvalue weighted by atomic mass is 32.2. The van der Waals surface area contributed by atoms with E-state index in [0.29, 0.717) is 36.4 Å². The van der Waals surface area contributed by atoms with Crippen LogP contribution in [0.25, 0.3) is 0 Å². The highest BCUT2D eigenvalue weighted by molar-refractivity contribution is 7.89. The van der Waals surface area contributed by atoms with Crippen molar-refractivity contribution in [3.8, 4) is 5.75 Å². The first kappa shape index (κ1) is 18.2. The van der Waals surface area contributed by atoms with E-state index in [1.165, 1.54) is 10.4 Å². The van der Waals surface area contributed by atoms with Crippen LogP contribution in [0.2, 0.25) is 0 Å². The number of carbonyl (C=O) groups is 2. The molecule has 9 heteroatoms. The lowest BCUT2D eigenvalue weighted by molar-refractivity contribution is -0.126. The summed E-state index contributed by atoms with van der Waals surface area (Å²) in [4.78, 5) is 24.0. The van der Waals surface area contributed by atoms with Gasteiger partial charge in [0.2, 0.25) is 15.9 Å². The van der Waals surface area contributed by atoms with Crippen LogP contribution < -0.4 is 15.4 Å². The molecular weight excluding hydrogens is 370 g/mol. The summed E-state index contributed by atoms with van der Waals surface area (Å²) in [5.74, 6) is -0.287. The third-order valence-electron chi connectivity index (χ3n) is 5.21. The molecule has 2 amide bonds. The first-order chi connectivity index (χ1) is 12.8. The number of fused-ring (bicyclic) bond motifs is 1. The molecule has 2 heterocycles. The number of sulfonamides is 1. The van der Waals surface area contributed by atoms with Crippen molar-refractivity contribution < 1.29 is 22.7 Å². The van der Waals surface area contributed by atoms with Crippen LogP contribution in [0.4, 0.5) is 5.69 Å². The quantitative estimate of drug-likeness (QED) is 0.794. The average Bonchev–Trinajstić information content (AvgIpc) is 3.45. The van der Waals surface area contributed by atoms with Gasteiger partial charge in [0.15, 0.2) is 6.61 Å². The summed E-state index contributed by atoms with van der Waals surface area (Å²) < 4.78 is 33.2. The molecule has 1 saturated carbocycles. The zero-order valence-electron chi connectivity index (χ0n) is 15.2. The SMILES string of the molecule is Cc1cc2c(cc1S(=O)(=O)N1CCC[C@H](C(=O)NC3CC3)C1)OCC(=O)N2. The van der Waals surface area contributed by atoms with E-state index in [0.717, 1.165) is 12.8 Å². The minimum Gasteiger partial charge on any atom is -0.482 e. The van der Waals surface area contributed by atoms with E-state index >= 15 is 0 Å². The number of amides is 2. The summed E-state index contributed by atoms with van der Waals surface area (Å²) in [6, 6.07) is 3.34. The number of piperidine rings is 1. The van der Waals surface area contributed by atoms with Gasteiger partial charge in [0.25, 0.3) is 5.91 Å². The smallest absolute Gasteiger partial charge is 0.262 e. The lowest BCUT2D eigenvalue weighted by Gasteiger charge is -2.32. The summed E-state index contributed by atoms with van der Waals surface area (Å²) in [5, 5.41) is 5.65. The summed E-state index contributed by atoms with van der Waals surface area (Å²) >= 11 is 0. The number of rotatable bonds is 4. The molecule has 0 spiro atoms. The minimum atomic E-state index is -3.76. The normalized spacial score (nSPS) is 23.1. The predicted octanol–water partition coefficient (Wildman–Crippen LogP) is 1.01. The number of carbonyl (C=O) groups excluding carboxylic acids is 2. The van der Waals surface area contributed by atoms with Crippen LogP contribution >= 0.6 is 0 Å². The molecule has 3 aliphatic rings. The molecule has 4 rings (SSSR count). The molecule has 0 unspecified atom stereocenters. The van der Waals surface area contributed by atoms with Gasteiger partial charge in [-0.3, -0.25) is 9.59 Å². The average molecular weight is 393 g/mol. The fourth-order valence-corrected chi connectivity index (χ4v) is 5.30. The van der Waals surface area contributed by atoms with E-state index in [4.69, 9.17) is 4.74 Å². The molecule has 1 atom stereocenters. The molecule has 27 heavy (non-hydrogen) atoms. The van der Waals surface area contributed by atoms with Crippen LogP contribution in [0, 0.1) is 12.8 Å². The minimum absolute atomic E-state index is 0.0504. The highest BCUT2D eigenvalue weighted by Gasteiger charge is 2.36. The van der Waals surface area contributed by atoms with Crippen molar-refractivity contribution in [1.82, 2.24) is 9.62 Å². The topological polar surface area (TPSA) is 105 Å². The monoisotopic (exact) mass is 393 g/mol. The molecule has 1 aromatic carbocycles. The van der Waals surface area contributed by atoms with E-state index in [1.807, 2.05) is 0 Å². The molecule has 2 fully saturated rings. The van der Waals surface area contributed by atoms with Crippen molar-refractivity contribution in [2.75, 3.05) is 25.0 Å². The number of ether oxygens (including phenoxy) is 1. The number of anilines is 1. The van der Waals surface area contributed by atoms with Crippen LogP contribution in [0.3, 0.4) is 0 Å². The lowest BCUT2D eigenvalue weighted by Crippen LogP contribution is -2.45. The second kappa shape index (κ2) is 6.79. The third kappa shape index (κ3) is 3.66. The Labute approximate surface area is 158 Å². The van der Waals surface area contributed by atoms with Crippen molar-refractivity contribution in [2.24, 2.45) is 5.92 Å². The van der Waals surface area contributed by atoms with E-state index in [2.05, 4.69) is 10.6 Å². The van der Waals surface area contributed by atoms with Gasteiger partial charge in [0, 0.05) is 25.2 Å². The summed E-state index contributed by atoms with van der Waals surface area (Å²) in [7, 11) is -3.76. The number of benzene rings is 1. The molecule has 146 valence electrons. The molecule has 1 saturated heterocycles. The number of aryl methyl sites for hydroxylation is 1. The Kier molecular flexibility index (Phi) is 4.59. The molecular formula is C18H23N3O5S. The first-order valence-corrected chi connectivity index (χ1v) is 10.7. The van der Waals surface area contributed by atoms with Gasteiger partial charge in [-0.2, -0.15) is 4.31 Å². The Balaban J connectivity index is 1.57. The molecule has 2 N–H and O–H groups in total. The number of hydrogen-bond acceptors (Lipinski definition) is 5. The van der Waals surface area contributed by atoms with Crippen LogP contribution in [0.5, 0.6) is 5.75 Å². The molecule has 1 aromatic rings. The maximum Gasteiger partial charge on any atom is 0.262 e. The Bertz CT molecular complexity index is 895. The Hall–Kier alpha value is -2.13. The fraction of sp³-hybridized carbons (Fsp3) is 0.556. The lowest BCUT2D eigenvalue weighted by atomic mass is 9.99. The van der Waals surface area contributed by atoms with E-state index in [-0.39, 0.29) is 41.8 Å². The van der Waals surface area contributed by atoms with Crippen molar-refractivity contribution in [2.45, 2.75) is 43.5 Å². The summed E-state index contributed by atoms with van der Waals surface area (Å²) in [6.07, 6.45) is 3.36. The Morgan fingerprint density at radius 3 is 2.81 bits per heavy atom.